The first kappa shape index (κ1) is 13.5. The summed E-state index contributed by atoms with van der Waals surface area (Å²) in [6, 6.07) is 0. The first-order valence-corrected chi connectivity index (χ1v) is 5.79. The van der Waals surface area contributed by atoms with Crippen LogP contribution in [0.1, 0.15) is 34.2 Å². The number of esters is 1. The second-order valence-electron chi connectivity index (χ2n) is 3.84. The van der Waals surface area contributed by atoms with E-state index >= 15 is 0 Å². The number of hydrogen-bond donors (Lipinski definition) is 2. The van der Waals surface area contributed by atoms with E-state index in [0.717, 1.165) is 23.5 Å². The average molecular weight is 236 g/mol. The van der Waals surface area contributed by atoms with E-state index in [1.807, 2.05) is 40.0 Å². The van der Waals surface area contributed by atoms with Crippen molar-refractivity contribution >= 4 is 12.0 Å². The average Bonchev–Trinajstić information content (AvgIpc) is 2.55. The lowest BCUT2D eigenvalue weighted by molar-refractivity contribution is 0.0525. The summed E-state index contributed by atoms with van der Waals surface area (Å²) < 4.78 is 5.03. The number of carbonyl (C=O) groups excluding carboxylic acids is 1. The fourth-order valence-electron chi connectivity index (χ4n) is 1.74. The van der Waals surface area contributed by atoms with E-state index in [4.69, 9.17) is 4.74 Å². The van der Waals surface area contributed by atoms with Gasteiger partial charge in [-0.1, -0.05) is 6.08 Å². The van der Waals surface area contributed by atoms with Crippen molar-refractivity contribution in [3.05, 3.63) is 28.6 Å². The molecule has 0 unspecified atom stereocenters. The molecule has 0 aliphatic heterocycles. The van der Waals surface area contributed by atoms with Crippen LogP contribution in [0.2, 0.25) is 0 Å². The number of ether oxygens (including phenoxy) is 1. The minimum atomic E-state index is -0.257. The molecule has 0 aliphatic rings. The van der Waals surface area contributed by atoms with E-state index in [-0.39, 0.29) is 5.97 Å². The van der Waals surface area contributed by atoms with Crippen LogP contribution in [-0.4, -0.2) is 31.2 Å². The molecule has 0 aliphatic carbocycles. The Morgan fingerprint density at radius 2 is 2.18 bits per heavy atom. The lowest BCUT2D eigenvalue weighted by atomic mass is 10.1. The first-order chi connectivity index (χ1) is 8.11. The molecule has 0 fully saturated rings. The van der Waals surface area contributed by atoms with Gasteiger partial charge >= 0.3 is 5.97 Å². The molecule has 0 amide bonds. The van der Waals surface area contributed by atoms with Gasteiger partial charge in [0, 0.05) is 17.9 Å². The molecule has 0 saturated heterocycles. The van der Waals surface area contributed by atoms with Gasteiger partial charge in [0.15, 0.2) is 0 Å². The second-order valence-corrected chi connectivity index (χ2v) is 3.84. The van der Waals surface area contributed by atoms with Crippen molar-refractivity contribution in [1.82, 2.24) is 10.3 Å². The van der Waals surface area contributed by atoms with Gasteiger partial charge in [-0.2, -0.15) is 0 Å². The van der Waals surface area contributed by atoms with Crippen LogP contribution >= 0.6 is 0 Å². The van der Waals surface area contributed by atoms with Gasteiger partial charge in [0.05, 0.1) is 12.2 Å². The van der Waals surface area contributed by atoms with Crippen molar-refractivity contribution in [2.45, 2.75) is 20.8 Å². The van der Waals surface area contributed by atoms with Gasteiger partial charge in [-0.25, -0.2) is 4.79 Å². The predicted octanol–water partition coefficient (Wildman–Crippen LogP) is 2.04. The van der Waals surface area contributed by atoms with Gasteiger partial charge in [0.25, 0.3) is 0 Å². The number of hydrogen-bond acceptors (Lipinski definition) is 3. The highest BCUT2D eigenvalue weighted by atomic mass is 16.5. The molecule has 94 valence electrons. The summed E-state index contributed by atoms with van der Waals surface area (Å²) in [5, 5.41) is 3.03. The highest BCUT2D eigenvalue weighted by molar-refractivity contribution is 5.93. The molecular weight excluding hydrogens is 216 g/mol. The summed E-state index contributed by atoms with van der Waals surface area (Å²) in [6.45, 7) is 6.81. The van der Waals surface area contributed by atoms with Crippen LogP contribution in [-0.2, 0) is 4.74 Å². The lowest BCUT2D eigenvalue weighted by Gasteiger charge is -2.01. The van der Waals surface area contributed by atoms with E-state index in [9.17, 15) is 4.79 Å². The second kappa shape index (κ2) is 6.25. The maximum atomic E-state index is 11.8. The molecule has 2 N–H and O–H groups in total. The number of H-pyrrole nitrogens is 1. The third-order valence-electron chi connectivity index (χ3n) is 2.56. The molecule has 17 heavy (non-hydrogen) atoms. The molecule has 1 aromatic rings. The predicted molar refractivity (Wildman–Crippen MR) is 69.2 cm³/mol. The van der Waals surface area contributed by atoms with Crippen molar-refractivity contribution in [2.24, 2.45) is 0 Å². The van der Waals surface area contributed by atoms with Gasteiger partial charge in [0.2, 0.25) is 0 Å². The zero-order valence-corrected chi connectivity index (χ0v) is 10.9. The highest BCUT2D eigenvalue weighted by Crippen LogP contribution is 2.19. The number of rotatable bonds is 5. The zero-order valence-electron chi connectivity index (χ0n) is 10.9. The Balaban J connectivity index is 2.97. The van der Waals surface area contributed by atoms with Crippen LogP contribution in [0.25, 0.3) is 6.08 Å². The molecule has 0 saturated carbocycles. The molecule has 0 aromatic carbocycles. The molecule has 1 aromatic heterocycles. The Hall–Kier alpha value is -1.55. The minimum absolute atomic E-state index is 0.257. The number of carbonyl (C=O) groups is 1. The maximum absolute atomic E-state index is 11.8. The Morgan fingerprint density at radius 1 is 1.47 bits per heavy atom. The van der Waals surface area contributed by atoms with Crippen molar-refractivity contribution in [1.29, 1.82) is 0 Å². The Bertz CT molecular complexity index is 419. The molecule has 1 heterocycles. The third kappa shape index (κ3) is 3.20. The van der Waals surface area contributed by atoms with Crippen LogP contribution in [0.4, 0.5) is 0 Å². The van der Waals surface area contributed by atoms with E-state index in [1.54, 1.807) is 0 Å². The molecule has 4 heteroatoms. The number of aromatic nitrogens is 1. The van der Waals surface area contributed by atoms with E-state index < -0.39 is 0 Å². The quantitative estimate of drug-likeness (QED) is 0.769. The monoisotopic (exact) mass is 236 g/mol. The first-order valence-electron chi connectivity index (χ1n) is 5.79. The molecule has 0 spiro atoms. The van der Waals surface area contributed by atoms with E-state index in [1.165, 1.54) is 0 Å². The van der Waals surface area contributed by atoms with Crippen LogP contribution in [0.5, 0.6) is 0 Å². The van der Waals surface area contributed by atoms with Gasteiger partial charge in [-0.3, -0.25) is 0 Å². The van der Waals surface area contributed by atoms with Crippen LogP contribution in [0, 0.1) is 13.8 Å². The molecular formula is C13H20N2O2. The van der Waals surface area contributed by atoms with Gasteiger partial charge < -0.3 is 15.0 Å². The van der Waals surface area contributed by atoms with E-state index in [2.05, 4.69) is 10.3 Å². The fraction of sp³-hybridized carbons (Fsp3) is 0.462. The summed E-state index contributed by atoms with van der Waals surface area (Å²) in [5.74, 6) is -0.257. The number of aryl methyl sites for hydroxylation is 1. The Morgan fingerprint density at radius 3 is 2.76 bits per heavy atom. The van der Waals surface area contributed by atoms with Crippen LogP contribution in [0.15, 0.2) is 6.08 Å². The molecule has 1 rings (SSSR count). The summed E-state index contributed by atoms with van der Waals surface area (Å²) in [5.41, 5.74) is 3.40. The van der Waals surface area contributed by atoms with Gasteiger partial charge in [0.1, 0.15) is 0 Å². The molecule has 4 nitrogen and oxygen atoms in total. The number of aromatic amines is 1. The molecule has 0 atom stereocenters. The number of likely N-dealkylation sites (N-methyl/N-ethyl adjacent to an activating group) is 1. The lowest BCUT2D eigenvalue weighted by Crippen LogP contribution is -2.06. The van der Waals surface area contributed by atoms with Crippen molar-refractivity contribution in [2.75, 3.05) is 20.2 Å². The van der Waals surface area contributed by atoms with Gasteiger partial charge in [-0.05, 0) is 39.5 Å². The summed E-state index contributed by atoms with van der Waals surface area (Å²) >= 11 is 0. The Kier molecular flexibility index (Phi) is 4.97. The Labute approximate surface area is 102 Å². The maximum Gasteiger partial charge on any atom is 0.340 e. The third-order valence-corrected chi connectivity index (χ3v) is 2.56. The van der Waals surface area contributed by atoms with E-state index in [0.29, 0.717) is 12.2 Å². The summed E-state index contributed by atoms with van der Waals surface area (Å²) in [7, 11) is 1.89. The smallest absolute Gasteiger partial charge is 0.340 e. The largest absolute Gasteiger partial charge is 0.462 e. The number of nitrogens with one attached hydrogen (secondary N) is 2. The topological polar surface area (TPSA) is 54.1 Å². The molecule has 0 radical (unpaired) electrons. The normalized spacial score (nSPS) is 11.1. The minimum Gasteiger partial charge on any atom is -0.462 e. The summed E-state index contributed by atoms with van der Waals surface area (Å²) in [6.07, 6.45) is 3.98. The molecule has 0 bridgehead atoms. The zero-order chi connectivity index (χ0) is 12.8. The summed E-state index contributed by atoms with van der Waals surface area (Å²) in [4.78, 5) is 14.9. The highest BCUT2D eigenvalue weighted by Gasteiger charge is 2.17. The SMILES string of the molecule is CCOC(=O)c1c(C)[nH]c(C=CCNC)c1C. The fourth-order valence-corrected chi connectivity index (χ4v) is 1.74. The van der Waals surface area contributed by atoms with Crippen LogP contribution < -0.4 is 5.32 Å². The van der Waals surface area contributed by atoms with Crippen molar-refractivity contribution in [3.8, 4) is 0 Å². The van der Waals surface area contributed by atoms with Gasteiger partial charge in [-0.15, -0.1) is 0 Å². The van der Waals surface area contributed by atoms with Crippen molar-refractivity contribution < 1.29 is 9.53 Å². The standard InChI is InChI=1S/C13H20N2O2/c1-5-17-13(16)12-9(2)11(15-10(12)3)7-6-8-14-4/h6-7,14-15H,5,8H2,1-4H3. The van der Waals surface area contributed by atoms with Crippen LogP contribution in [0.3, 0.4) is 0 Å². The van der Waals surface area contributed by atoms with Crippen molar-refractivity contribution in [3.63, 3.8) is 0 Å².